The fourth-order valence-electron chi connectivity index (χ4n) is 3.99. The van der Waals surface area contributed by atoms with E-state index in [0.717, 1.165) is 37.7 Å². The third-order valence-electron chi connectivity index (χ3n) is 5.96. The molecule has 1 aromatic carbocycles. The van der Waals surface area contributed by atoms with Gasteiger partial charge in [-0.25, -0.2) is 4.98 Å². The van der Waals surface area contributed by atoms with Crippen LogP contribution >= 0.6 is 0 Å². The van der Waals surface area contributed by atoms with Crippen LogP contribution in [0.25, 0.3) is 0 Å². The molecule has 0 unspecified atom stereocenters. The number of anilines is 4. The van der Waals surface area contributed by atoms with E-state index in [-0.39, 0.29) is 11.8 Å². The van der Waals surface area contributed by atoms with Gasteiger partial charge >= 0.3 is 0 Å². The van der Waals surface area contributed by atoms with Crippen molar-refractivity contribution in [2.75, 3.05) is 48.0 Å². The van der Waals surface area contributed by atoms with E-state index in [0.29, 0.717) is 24.7 Å². The van der Waals surface area contributed by atoms with Gasteiger partial charge in [0.1, 0.15) is 11.2 Å². The fourth-order valence-corrected chi connectivity index (χ4v) is 3.99. The second-order valence-corrected chi connectivity index (χ2v) is 7.95. The SMILES string of the molecule is CC(C)[C@]1(C#N)CCN(c2ccnc(Nc3ccc(N4CCOCC4)cc3)n2)C1=O. The number of hydrogen-bond acceptors (Lipinski definition) is 7. The van der Waals surface area contributed by atoms with E-state index in [1.807, 2.05) is 26.0 Å². The van der Waals surface area contributed by atoms with Gasteiger partial charge in [-0.05, 0) is 42.7 Å². The predicted molar refractivity (Wildman–Crippen MR) is 115 cm³/mol. The number of benzene rings is 1. The van der Waals surface area contributed by atoms with Crippen molar-refractivity contribution in [2.24, 2.45) is 11.3 Å². The van der Waals surface area contributed by atoms with Gasteiger partial charge in [0.15, 0.2) is 0 Å². The number of morpholine rings is 1. The molecule has 1 amide bonds. The number of aromatic nitrogens is 2. The number of nitrogens with one attached hydrogen (secondary N) is 1. The molecule has 30 heavy (non-hydrogen) atoms. The van der Waals surface area contributed by atoms with Crippen molar-refractivity contribution in [1.29, 1.82) is 5.26 Å². The third kappa shape index (κ3) is 3.68. The third-order valence-corrected chi connectivity index (χ3v) is 5.96. The van der Waals surface area contributed by atoms with Crippen LogP contribution in [0.1, 0.15) is 20.3 Å². The Labute approximate surface area is 176 Å². The highest BCUT2D eigenvalue weighted by atomic mass is 16.5. The van der Waals surface area contributed by atoms with Gasteiger partial charge in [0.2, 0.25) is 11.9 Å². The zero-order chi connectivity index (χ0) is 21.1. The van der Waals surface area contributed by atoms with Gasteiger partial charge < -0.3 is 15.0 Å². The average Bonchev–Trinajstić information content (AvgIpc) is 3.12. The van der Waals surface area contributed by atoms with E-state index in [1.165, 1.54) is 0 Å². The molecule has 0 saturated carbocycles. The van der Waals surface area contributed by atoms with Crippen molar-refractivity contribution in [3.05, 3.63) is 36.5 Å². The van der Waals surface area contributed by atoms with Crippen molar-refractivity contribution in [3.63, 3.8) is 0 Å². The number of carbonyl (C=O) groups excluding carboxylic acids is 1. The lowest BCUT2D eigenvalue weighted by atomic mass is 9.77. The average molecular weight is 406 g/mol. The molecule has 2 aliphatic heterocycles. The van der Waals surface area contributed by atoms with Crippen LogP contribution in [0.5, 0.6) is 0 Å². The Kier molecular flexibility index (Phi) is 5.55. The number of hydrogen-bond donors (Lipinski definition) is 1. The summed E-state index contributed by atoms with van der Waals surface area (Å²) in [7, 11) is 0. The highest BCUT2D eigenvalue weighted by molar-refractivity contribution is 6.01. The molecule has 4 rings (SSSR count). The molecular weight excluding hydrogens is 380 g/mol. The fraction of sp³-hybridized carbons (Fsp3) is 0.455. The molecule has 8 heteroatoms. The first-order valence-electron chi connectivity index (χ1n) is 10.3. The van der Waals surface area contributed by atoms with Gasteiger partial charge in [-0.3, -0.25) is 9.69 Å². The summed E-state index contributed by atoms with van der Waals surface area (Å²) in [5, 5.41) is 12.8. The van der Waals surface area contributed by atoms with Crippen molar-refractivity contribution in [2.45, 2.75) is 20.3 Å². The molecule has 8 nitrogen and oxygen atoms in total. The zero-order valence-electron chi connectivity index (χ0n) is 17.3. The molecule has 2 saturated heterocycles. The van der Waals surface area contributed by atoms with Crippen LogP contribution in [0.15, 0.2) is 36.5 Å². The second kappa shape index (κ2) is 8.28. The molecule has 0 aliphatic carbocycles. The first-order valence-corrected chi connectivity index (χ1v) is 10.3. The van der Waals surface area contributed by atoms with Crippen LogP contribution in [0, 0.1) is 22.7 Å². The molecular formula is C22H26N6O2. The molecule has 0 spiro atoms. The normalized spacial score (nSPS) is 21.7. The van der Waals surface area contributed by atoms with Crippen molar-refractivity contribution < 1.29 is 9.53 Å². The predicted octanol–water partition coefficient (Wildman–Crippen LogP) is 2.96. The van der Waals surface area contributed by atoms with Crippen LogP contribution in [0.3, 0.4) is 0 Å². The molecule has 2 aromatic rings. The van der Waals surface area contributed by atoms with Crippen LogP contribution in [-0.4, -0.2) is 48.7 Å². The first-order chi connectivity index (χ1) is 14.5. The molecule has 156 valence electrons. The zero-order valence-corrected chi connectivity index (χ0v) is 17.3. The molecule has 1 N–H and O–H groups in total. The largest absolute Gasteiger partial charge is 0.378 e. The summed E-state index contributed by atoms with van der Waals surface area (Å²) in [5.74, 6) is 0.697. The van der Waals surface area contributed by atoms with Gasteiger partial charge in [-0.2, -0.15) is 10.2 Å². The molecule has 2 fully saturated rings. The van der Waals surface area contributed by atoms with Crippen molar-refractivity contribution in [1.82, 2.24) is 9.97 Å². The minimum Gasteiger partial charge on any atom is -0.378 e. The van der Waals surface area contributed by atoms with Gasteiger partial charge in [-0.1, -0.05) is 13.8 Å². The molecule has 1 atom stereocenters. The Morgan fingerprint density at radius 1 is 1.17 bits per heavy atom. The van der Waals surface area contributed by atoms with Gasteiger partial charge in [-0.15, -0.1) is 0 Å². The van der Waals surface area contributed by atoms with Crippen LogP contribution < -0.4 is 15.1 Å². The lowest BCUT2D eigenvalue weighted by Crippen LogP contribution is -2.37. The molecule has 1 aromatic heterocycles. The summed E-state index contributed by atoms with van der Waals surface area (Å²) >= 11 is 0. The maximum Gasteiger partial charge on any atom is 0.248 e. The lowest BCUT2D eigenvalue weighted by Gasteiger charge is -2.28. The Morgan fingerprint density at radius 2 is 1.90 bits per heavy atom. The monoisotopic (exact) mass is 406 g/mol. The Hall–Kier alpha value is -3.18. The summed E-state index contributed by atoms with van der Waals surface area (Å²) < 4.78 is 5.40. The second-order valence-electron chi connectivity index (χ2n) is 7.95. The smallest absolute Gasteiger partial charge is 0.248 e. The summed E-state index contributed by atoms with van der Waals surface area (Å²) in [6.07, 6.45) is 2.14. The minimum absolute atomic E-state index is 0.0515. The topological polar surface area (TPSA) is 94.4 Å². The molecule has 0 bridgehead atoms. The molecule has 2 aliphatic rings. The molecule has 0 radical (unpaired) electrons. The van der Waals surface area contributed by atoms with Gasteiger partial charge in [0.05, 0.1) is 19.3 Å². The number of carbonyl (C=O) groups is 1. The highest BCUT2D eigenvalue weighted by Crippen LogP contribution is 2.40. The number of rotatable bonds is 5. The Balaban J connectivity index is 1.48. The van der Waals surface area contributed by atoms with Crippen molar-refractivity contribution >= 4 is 29.0 Å². The molecule has 3 heterocycles. The maximum absolute atomic E-state index is 13.0. The summed E-state index contributed by atoms with van der Waals surface area (Å²) in [5.41, 5.74) is 1.04. The maximum atomic E-state index is 13.0. The van der Waals surface area contributed by atoms with Crippen LogP contribution in [-0.2, 0) is 9.53 Å². The first kappa shape index (κ1) is 20.1. The van der Waals surface area contributed by atoms with E-state index >= 15 is 0 Å². The van der Waals surface area contributed by atoms with E-state index in [4.69, 9.17) is 4.74 Å². The number of ether oxygens (including phenoxy) is 1. The van der Waals surface area contributed by atoms with E-state index < -0.39 is 5.41 Å². The van der Waals surface area contributed by atoms with Crippen LogP contribution in [0.2, 0.25) is 0 Å². The Bertz CT molecular complexity index is 949. The minimum atomic E-state index is -0.978. The number of nitriles is 1. The van der Waals surface area contributed by atoms with Crippen LogP contribution in [0.4, 0.5) is 23.1 Å². The Morgan fingerprint density at radius 3 is 2.53 bits per heavy atom. The number of amides is 1. The van der Waals surface area contributed by atoms with Gasteiger partial charge in [0.25, 0.3) is 0 Å². The van der Waals surface area contributed by atoms with Gasteiger partial charge in [0, 0.05) is 37.2 Å². The van der Waals surface area contributed by atoms with E-state index in [2.05, 4.69) is 38.4 Å². The standard InChI is InChI=1S/C22H26N6O2/c1-16(2)22(15-23)8-10-28(20(22)29)19-7-9-24-21(26-19)25-17-3-5-18(6-4-17)27-11-13-30-14-12-27/h3-7,9,16H,8,10-14H2,1-2H3,(H,24,25,26)/t22-/m1/s1. The van der Waals surface area contributed by atoms with E-state index in [1.54, 1.807) is 17.2 Å². The van der Waals surface area contributed by atoms with Crippen molar-refractivity contribution in [3.8, 4) is 6.07 Å². The highest BCUT2D eigenvalue weighted by Gasteiger charge is 2.50. The summed E-state index contributed by atoms with van der Waals surface area (Å²) in [6.45, 7) is 7.59. The lowest BCUT2D eigenvalue weighted by molar-refractivity contribution is -0.124. The quantitative estimate of drug-likeness (QED) is 0.816. The summed E-state index contributed by atoms with van der Waals surface area (Å²) in [4.78, 5) is 25.7. The van der Waals surface area contributed by atoms with E-state index in [9.17, 15) is 10.1 Å². The summed E-state index contributed by atoms with van der Waals surface area (Å²) in [6, 6.07) is 12.1. The number of nitrogens with zero attached hydrogens (tertiary/aromatic N) is 5.